The lowest BCUT2D eigenvalue weighted by molar-refractivity contribution is -0.117. The van der Waals surface area contributed by atoms with Crippen LogP contribution in [0.2, 0.25) is 0 Å². The van der Waals surface area contributed by atoms with Gasteiger partial charge in [-0.15, -0.1) is 0 Å². The summed E-state index contributed by atoms with van der Waals surface area (Å²) in [6.45, 7) is 3.42. The van der Waals surface area contributed by atoms with Gasteiger partial charge in [-0.2, -0.15) is 0 Å². The Hall–Kier alpha value is -0.530. The highest BCUT2D eigenvalue weighted by molar-refractivity contribution is 5.73. The van der Waals surface area contributed by atoms with Gasteiger partial charge in [-0.05, 0) is 6.42 Å². The standard InChI is InChI=1S/C4H8NO/c1-2-3-4(5)6/h1-3H2,(H2,5,6). The number of hydrogen-bond acceptors (Lipinski definition) is 1. The molecule has 0 aromatic rings. The third-order valence-electron chi connectivity index (χ3n) is 0.423. The highest BCUT2D eigenvalue weighted by Gasteiger charge is 1.84. The summed E-state index contributed by atoms with van der Waals surface area (Å²) in [6.07, 6.45) is 1.01. The molecule has 0 heterocycles. The molecule has 0 bridgehead atoms. The molecule has 1 amide bonds. The normalized spacial score (nSPS) is 8.17. The van der Waals surface area contributed by atoms with Crippen molar-refractivity contribution in [3.63, 3.8) is 0 Å². The predicted molar refractivity (Wildman–Crippen MR) is 23.8 cm³/mol. The molecule has 0 spiro atoms. The van der Waals surface area contributed by atoms with Gasteiger partial charge in [0.15, 0.2) is 0 Å². The first-order valence-corrected chi connectivity index (χ1v) is 1.85. The van der Waals surface area contributed by atoms with E-state index in [-0.39, 0.29) is 5.91 Å². The van der Waals surface area contributed by atoms with E-state index in [1.54, 1.807) is 0 Å². The fourth-order valence-corrected chi connectivity index (χ4v) is 0.174. The van der Waals surface area contributed by atoms with E-state index < -0.39 is 0 Å². The van der Waals surface area contributed by atoms with E-state index in [9.17, 15) is 4.79 Å². The molecule has 2 heteroatoms. The molecule has 2 nitrogen and oxygen atoms in total. The predicted octanol–water partition coefficient (Wildman–Crippen LogP) is 0.0860. The molecule has 1 radical (unpaired) electrons. The van der Waals surface area contributed by atoms with Gasteiger partial charge in [0.05, 0.1) is 0 Å². The number of primary amides is 1. The van der Waals surface area contributed by atoms with Crippen LogP contribution in [0.15, 0.2) is 0 Å². The Morgan fingerprint density at radius 3 is 2.33 bits per heavy atom. The number of amides is 1. The highest BCUT2D eigenvalue weighted by atomic mass is 16.1. The molecular formula is C4H8NO. The third kappa shape index (κ3) is 3.47. The average Bonchev–Trinajstić information content (AvgIpc) is 1.35. The molecule has 0 unspecified atom stereocenters. The van der Waals surface area contributed by atoms with Crippen molar-refractivity contribution in [3.05, 3.63) is 6.92 Å². The van der Waals surface area contributed by atoms with Crippen LogP contribution in [0.3, 0.4) is 0 Å². The summed E-state index contributed by atoms with van der Waals surface area (Å²) in [5.74, 6) is -0.273. The maximum Gasteiger partial charge on any atom is 0.217 e. The highest BCUT2D eigenvalue weighted by Crippen LogP contribution is 1.79. The van der Waals surface area contributed by atoms with E-state index in [1.807, 2.05) is 0 Å². The van der Waals surface area contributed by atoms with Gasteiger partial charge in [-0.3, -0.25) is 4.79 Å². The summed E-state index contributed by atoms with van der Waals surface area (Å²) in [6, 6.07) is 0. The van der Waals surface area contributed by atoms with Crippen LogP contribution in [-0.2, 0) is 4.79 Å². The van der Waals surface area contributed by atoms with E-state index in [0.717, 1.165) is 0 Å². The quantitative estimate of drug-likeness (QED) is 0.508. The Labute approximate surface area is 37.3 Å². The lowest BCUT2D eigenvalue weighted by Crippen LogP contribution is -2.08. The van der Waals surface area contributed by atoms with Crippen LogP contribution in [0.5, 0.6) is 0 Å². The first-order valence-electron chi connectivity index (χ1n) is 1.85. The summed E-state index contributed by atoms with van der Waals surface area (Å²) >= 11 is 0. The Bertz CT molecular complexity index is 51.5. The topological polar surface area (TPSA) is 43.1 Å². The van der Waals surface area contributed by atoms with Crippen molar-refractivity contribution in [1.29, 1.82) is 0 Å². The summed E-state index contributed by atoms with van der Waals surface area (Å²) in [5.41, 5.74) is 4.72. The van der Waals surface area contributed by atoms with Crippen molar-refractivity contribution in [3.8, 4) is 0 Å². The van der Waals surface area contributed by atoms with Gasteiger partial charge in [0.2, 0.25) is 5.91 Å². The maximum atomic E-state index is 9.78. The molecule has 0 aliphatic carbocycles. The summed E-state index contributed by atoms with van der Waals surface area (Å²) in [5, 5.41) is 0. The Morgan fingerprint density at radius 1 is 1.83 bits per heavy atom. The fourth-order valence-electron chi connectivity index (χ4n) is 0.174. The van der Waals surface area contributed by atoms with E-state index in [4.69, 9.17) is 5.73 Å². The molecule has 0 aromatic heterocycles. The van der Waals surface area contributed by atoms with Gasteiger partial charge in [-0.1, -0.05) is 6.92 Å². The summed E-state index contributed by atoms with van der Waals surface area (Å²) in [4.78, 5) is 9.78. The first kappa shape index (κ1) is 5.47. The SMILES string of the molecule is [CH2]CCC(N)=O. The smallest absolute Gasteiger partial charge is 0.217 e. The van der Waals surface area contributed by atoms with Crippen molar-refractivity contribution in [1.82, 2.24) is 0 Å². The number of carbonyl (C=O) groups is 1. The molecule has 0 aliphatic rings. The second-order valence-electron chi connectivity index (χ2n) is 1.07. The molecule has 0 saturated heterocycles. The minimum Gasteiger partial charge on any atom is -0.370 e. The molecule has 2 N–H and O–H groups in total. The van der Waals surface area contributed by atoms with E-state index in [2.05, 4.69) is 6.92 Å². The zero-order valence-electron chi connectivity index (χ0n) is 3.61. The Balaban J connectivity index is 2.83. The summed E-state index contributed by atoms with van der Waals surface area (Å²) < 4.78 is 0. The largest absolute Gasteiger partial charge is 0.370 e. The maximum absolute atomic E-state index is 9.78. The third-order valence-corrected chi connectivity index (χ3v) is 0.423. The number of rotatable bonds is 2. The van der Waals surface area contributed by atoms with Gasteiger partial charge in [-0.25, -0.2) is 0 Å². The Kier molecular flexibility index (Phi) is 2.46. The van der Waals surface area contributed by atoms with Crippen LogP contribution in [0.4, 0.5) is 0 Å². The van der Waals surface area contributed by atoms with Gasteiger partial charge >= 0.3 is 0 Å². The molecular weight excluding hydrogens is 78.0 g/mol. The van der Waals surface area contributed by atoms with Gasteiger partial charge in [0.1, 0.15) is 0 Å². The Morgan fingerprint density at radius 2 is 2.33 bits per heavy atom. The van der Waals surface area contributed by atoms with Crippen molar-refractivity contribution in [2.45, 2.75) is 12.8 Å². The van der Waals surface area contributed by atoms with Gasteiger partial charge in [0.25, 0.3) is 0 Å². The monoisotopic (exact) mass is 86.1 g/mol. The fraction of sp³-hybridized carbons (Fsp3) is 0.500. The lowest BCUT2D eigenvalue weighted by atomic mass is 10.3. The number of nitrogens with two attached hydrogens (primary N) is 1. The van der Waals surface area contributed by atoms with E-state index in [0.29, 0.717) is 12.8 Å². The van der Waals surface area contributed by atoms with Crippen molar-refractivity contribution < 1.29 is 4.79 Å². The zero-order chi connectivity index (χ0) is 4.99. The molecule has 0 aliphatic heterocycles. The van der Waals surface area contributed by atoms with Gasteiger partial charge in [0, 0.05) is 6.42 Å². The zero-order valence-corrected chi connectivity index (χ0v) is 3.61. The molecule has 0 rings (SSSR count). The second-order valence-corrected chi connectivity index (χ2v) is 1.07. The van der Waals surface area contributed by atoms with Gasteiger partial charge < -0.3 is 5.73 Å². The first-order chi connectivity index (χ1) is 2.77. The van der Waals surface area contributed by atoms with Crippen LogP contribution < -0.4 is 5.73 Å². The second kappa shape index (κ2) is 2.69. The van der Waals surface area contributed by atoms with Crippen LogP contribution >= 0.6 is 0 Å². The number of hydrogen-bond donors (Lipinski definition) is 1. The summed E-state index contributed by atoms with van der Waals surface area (Å²) in [7, 11) is 0. The van der Waals surface area contributed by atoms with Crippen LogP contribution in [0.1, 0.15) is 12.8 Å². The molecule has 6 heavy (non-hydrogen) atoms. The molecule has 0 atom stereocenters. The van der Waals surface area contributed by atoms with Crippen LogP contribution in [0.25, 0.3) is 0 Å². The minimum absolute atomic E-state index is 0.273. The minimum atomic E-state index is -0.273. The van der Waals surface area contributed by atoms with Crippen molar-refractivity contribution in [2.24, 2.45) is 5.73 Å². The van der Waals surface area contributed by atoms with Crippen molar-refractivity contribution >= 4 is 5.91 Å². The molecule has 0 saturated carbocycles. The molecule has 0 fully saturated rings. The average molecular weight is 86.1 g/mol. The molecule has 35 valence electrons. The molecule has 0 aromatic carbocycles. The number of carbonyl (C=O) groups excluding carboxylic acids is 1. The van der Waals surface area contributed by atoms with Crippen LogP contribution in [0, 0.1) is 6.92 Å². The van der Waals surface area contributed by atoms with E-state index in [1.165, 1.54) is 0 Å². The lowest BCUT2D eigenvalue weighted by Gasteiger charge is -1.81. The van der Waals surface area contributed by atoms with E-state index >= 15 is 0 Å². The van der Waals surface area contributed by atoms with Crippen molar-refractivity contribution in [2.75, 3.05) is 0 Å². The van der Waals surface area contributed by atoms with Crippen LogP contribution in [-0.4, -0.2) is 5.91 Å².